The summed E-state index contributed by atoms with van der Waals surface area (Å²) in [7, 11) is -3.17. The van der Waals surface area contributed by atoms with Crippen molar-refractivity contribution in [1.82, 2.24) is 18.8 Å². The third-order valence-corrected chi connectivity index (χ3v) is 6.76. The summed E-state index contributed by atoms with van der Waals surface area (Å²) in [6.45, 7) is 4.91. The minimum atomic E-state index is -3.17. The van der Waals surface area contributed by atoms with E-state index in [4.69, 9.17) is 0 Å². The van der Waals surface area contributed by atoms with Crippen molar-refractivity contribution in [3.05, 3.63) is 28.2 Å². The summed E-state index contributed by atoms with van der Waals surface area (Å²) in [5.41, 5.74) is 0.260. The van der Waals surface area contributed by atoms with Crippen LogP contribution >= 0.6 is 0 Å². The molecule has 2 aromatic heterocycles. The Balaban J connectivity index is 1.93. The molecule has 0 amide bonds. The number of pyridine rings is 1. The molecule has 10 heteroatoms. The summed E-state index contributed by atoms with van der Waals surface area (Å²) < 4.78 is 26.4. The second kappa shape index (κ2) is 8.47. The molecule has 1 N–H and O–H groups in total. The summed E-state index contributed by atoms with van der Waals surface area (Å²) in [4.78, 5) is 21.7. The zero-order chi connectivity index (χ0) is 21.2. The smallest absolute Gasteiger partial charge is 0.270 e. The number of hydrogen-bond acceptors (Lipinski definition) is 7. The Morgan fingerprint density at radius 3 is 2.52 bits per heavy atom. The number of nitrogens with one attached hydrogen (secondary N) is 1. The molecule has 0 atom stereocenters. The number of hydrogen-bond donors (Lipinski definition) is 1. The molecule has 0 bridgehead atoms. The lowest BCUT2D eigenvalue weighted by Crippen LogP contribution is -2.42. The number of fused-ring (bicyclic) bond motifs is 1. The van der Waals surface area contributed by atoms with Crippen LogP contribution in [0.3, 0.4) is 0 Å². The predicted molar refractivity (Wildman–Crippen MR) is 111 cm³/mol. The summed E-state index contributed by atoms with van der Waals surface area (Å²) in [5.74, 6) is 0.402. The zero-order valence-corrected chi connectivity index (χ0v) is 17.7. The average Bonchev–Trinajstić information content (AvgIpc) is 2.70. The Bertz CT molecular complexity index is 1090. The van der Waals surface area contributed by atoms with Gasteiger partial charge in [-0.15, -0.1) is 0 Å². The Labute approximate surface area is 170 Å². The van der Waals surface area contributed by atoms with E-state index in [0.29, 0.717) is 42.9 Å². The van der Waals surface area contributed by atoms with Crippen LogP contribution < -0.4 is 10.9 Å². The number of anilines is 1. The fourth-order valence-electron chi connectivity index (χ4n) is 3.78. The molecular formula is C19H26N6O3S. The SMILES string of the molecule is CCC(CC)n1c(=O)c(C#N)cc2cnc(NC3CCN(S(C)(=O)=O)CC3)nc21. The van der Waals surface area contributed by atoms with E-state index in [9.17, 15) is 18.5 Å². The molecule has 0 spiro atoms. The lowest BCUT2D eigenvalue weighted by atomic mass is 10.1. The Morgan fingerprint density at radius 2 is 1.97 bits per heavy atom. The normalized spacial score (nSPS) is 16.2. The van der Waals surface area contributed by atoms with E-state index in [-0.39, 0.29) is 23.2 Å². The van der Waals surface area contributed by atoms with Crippen molar-refractivity contribution in [3.8, 4) is 6.07 Å². The van der Waals surface area contributed by atoms with Crippen molar-refractivity contribution in [2.45, 2.75) is 51.6 Å². The average molecular weight is 419 g/mol. The molecule has 3 rings (SSSR count). The van der Waals surface area contributed by atoms with Gasteiger partial charge in [0.2, 0.25) is 16.0 Å². The van der Waals surface area contributed by atoms with Crippen LogP contribution in [0.15, 0.2) is 17.1 Å². The van der Waals surface area contributed by atoms with Gasteiger partial charge >= 0.3 is 0 Å². The predicted octanol–water partition coefficient (Wildman–Crippen LogP) is 1.86. The van der Waals surface area contributed by atoms with Crippen molar-refractivity contribution in [2.24, 2.45) is 0 Å². The van der Waals surface area contributed by atoms with Gasteiger partial charge in [0.15, 0.2) is 0 Å². The van der Waals surface area contributed by atoms with Crippen molar-refractivity contribution in [1.29, 1.82) is 5.26 Å². The first-order chi connectivity index (χ1) is 13.8. The molecule has 0 aromatic carbocycles. The summed E-state index contributed by atoms with van der Waals surface area (Å²) in [6.07, 6.45) is 5.64. The number of piperidine rings is 1. The van der Waals surface area contributed by atoms with E-state index in [2.05, 4.69) is 15.3 Å². The van der Waals surface area contributed by atoms with Crippen molar-refractivity contribution < 1.29 is 8.42 Å². The van der Waals surface area contributed by atoms with Crippen molar-refractivity contribution in [3.63, 3.8) is 0 Å². The van der Waals surface area contributed by atoms with Crippen molar-refractivity contribution >= 4 is 27.0 Å². The molecule has 3 heterocycles. The van der Waals surface area contributed by atoms with E-state index >= 15 is 0 Å². The fourth-order valence-corrected chi connectivity index (χ4v) is 4.65. The highest BCUT2D eigenvalue weighted by Gasteiger charge is 2.25. The fraction of sp³-hybridized carbons (Fsp3) is 0.579. The standard InChI is InChI=1S/C19H26N6O3S/c1-4-16(5-2)25-17-14(10-13(11-20)18(25)26)12-21-19(23-17)22-15-6-8-24(9-7-15)29(3,27)28/h10,12,15-16H,4-9H2,1-3H3,(H,21,22,23). The van der Waals surface area contributed by atoms with Crippen LogP contribution in [0, 0.1) is 11.3 Å². The molecule has 0 saturated carbocycles. The molecule has 9 nitrogen and oxygen atoms in total. The third kappa shape index (κ3) is 4.41. The lowest BCUT2D eigenvalue weighted by molar-refractivity contribution is 0.331. The Kier molecular flexibility index (Phi) is 6.19. The van der Waals surface area contributed by atoms with Gasteiger partial charge < -0.3 is 5.32 Å². The summed E-state index contributed by atoms with van der Waals surface area (Å²) >= 11 is 0. The number of aromatic nitrogens is 3. The van der Waals surface area contributed by atoms with E-state index < -0.39 is 10.0 Å². The van der Waals surface area contributed by atoms with Crippen LogP contribution in [-0.4, -0.2) is 52.6 Å². The van der Waals surface area contributed by atoms with Crippen LogP contribution in [0.1, 0.15) is 51.1 Å². The molecule has 156 valence electrons. The molecule has 0 radical (unpaired) electrons. The lowest BCUT2D eigenvalue weighted by Gasteiger charge is -2.30. The van der Waals surface area contributed by atoms with E-state index in [1.807, 2.05) is 19.9 Å². The van der Waals surface area contributed by atoms with Crippen LogP contribution in [0.4, 0.5) is 5.95 Å². The third-order valence-electron chi connectivity index (χ3n) is 5.46. The Morgan fingerprint density at radius 1 is 1.31 bits per heavy atom. The Hall–Kier alpha value is -2.51. The molecule has 1 saturated heterocycles. The summed E-state index contributed by atoms with van der Waals surface area (Å²) in [6, 6.07) is 3.50. The topological polar surface area (TPSA) is 121 Å². The maximum atomic E-state index is 12.8. The minimum absolute atomic E-state index is 0.0529. The van der Waals surface area contributed by atoms with Gasteiger partial charge in [-0.05, 0) is 31.7 Å². The summed E-state index contributed by atoms with van der Waals surface area (Å²) in [5, 5.41) is 13.2. The highest BCUT2D eigenvalue weighted by molar-refractivity contribution is 7.88. The second-order valence-corrected chi connectivity index (χ2v) is 9.35. The van der Waals surface area contributed by atoms with Gasteiger partial charge in [0.05, 0.1) is 6.26 Å². The molecule has 1 fully saturated rings. The molecule has 29 heavy (non-hydrogen) atoms. The van der Waals surface area contributed by atoms with Gasteiger partial charge in [0, 0.05) is 36.8 Å². The van der Waals surface area contributed by atoms with Crippen LogP contribution in [0.5, 0.6) is 0 Å². The highest BCUT2D eigenvalue weighted by Crippen LogP contribution is 2.22. The van der Waals surface area contributed by atoms with Crippen LogP contribution in [-0.2, 0) is 10.0 Å². The van der Waals surface area contributed by atoms with E-state index in [1.54, 1.807) is 10.8 Å². The van der Waals surface area contributed by atoms with Gasteiger partial charge in [-0.1, -0.05) is 13.8 Å². The van der Waals surface area contributed by atoms with E-state index in [0.717, 1.165) is 12.8 Å². The van der Waals surface area contributed by atoms with Gasteiger partial charge in [-0.25, -0.2) is 17.7 Å². The van der Waals surface area contributed by atoms with Crippen molar-refractivity contribution in [2.75, 3.05) is 24.7 Å². The molecule has 1 aliphatic rings. The molecule has 2 aromatic rings. The first kappa shape index (κ1) is 21.2. The molecule has 0 aliphatic carbocycles. The second-order valence-electron chi connectivity index (χ2n) is 7.37. The van der Waals surface area contributed by atoms with Crippen LogP contribution in [0.25, 0.3) is 11.0 Å². The minimum Gasteiger partial charge on any atom is -0.351 e. The van der Waals surface area contributed by atoms with Gasteiger partial charge in [-0.2, -0.15) is 10.2 Å². The highest BCUT2D eigenvalue weighted by atomic mass is 32.2. The molecule has 1 aliphatic heterocycles. The maximum absolute atomic E-state index is 12.8. The first-order valence-electron chi connectivity index (χ1n) is 9.82. The first-order valence-corrected chi connectivity index (χ1v) is 11.7. The number of nitriles is 1. The maximum Gasteiger partial charge on any atom is 0.270 e. The molecule has 0 unspecified atom stereocenters. The van der Waals surface area contributed by atoms with Gasteiger partial charge in [0.25, 0.3) is 5.56 Å². The number of sulfonamides is 1. The zero-order valence-electron chi connectivity index (χ0n) is 16.9. The number of rotatable bonds is 6. The monoisotopic (exact) mass is 418 g/mol. The van der Waals surface area contributed by atoms with E-state index in [1.165, 1.54) is 16.6 Å². The van der Waals surface area contributed by atoms with Gasteiger partial charge in [-0.3, -0.25) is 9.36 Å². The van der Waals surface area contributed by atoms with Gasteiger partial charge in [0.1, 0.15) is 17.3 Å². The largest absolute Gasteiger partial charge is 0.351 e. The quantitative estimate of drug-likeness (QED) is 0.760. The van der Waals surface area contributed by atoms with Crippen LogP contribution in [0.2, 0.25) is 0 Å². The number of nitrogens with zero attached hydrogens (tertiary/aromatic N) is 5. The molecular weight excluding hydrogens is 392 g/mol.